The van der Waals surface area contributed by atoms with Gasteiger partial charge in [0.1, 0.15) is 12.4 Å². The Bertz CT molecular complexity index is 618. The van der Waals surface area contributed by atoms with Gasteiger partial charge in [0.05, 0.1) is 17.3 Å². The van der Waals surface area contributed by atoms with Crippen molar-refractivity contribution >= 4 is 0 Å². The number of hydrogen-bond acceptors (Lipinski definition) is 3. The van der Waals surface area contributed by atoms with Crippen LogP contribution in [0.25, 0.3) is 0 Å². The minimum absolute atomic E-state index is 0.445. The third-order valence-corrected chi connectivity index (χ3v) is 3.06. The zero-order valence-electron chi connectivity index (χ0n) is 11.4. The number of benzene rings is 1. The van der Waals surface area contributed by atoms with Gasteiger partial charge in [0.15, 0.2) is 0 Å². The molecule has 1 aromatic carbocycles. The van der Waals surface area contributed by atoms with Crippen LogP contribution in [-0.4, -0.2) is 4.98 Å². The third kappa shape index (κ3) is 2.92. The molecule has 0 radical (unpaired) electrons. The van der Waals surface area contributed by atoms with Crippen LogP contribution < -0.4 is 4.74 Å². The van der Waals surface area contributed by atoms with Gasteiger partial charge in [0, 0.05) is 6.20 Å². The molecule has 0 aliphatic rings. The minimum Gasteiger partial charge on any atom is -0.487 e. The van der Waals surface area contributed by atoms with Crippen LogP contribution >= 0.6 is 0 Å². The van der Waals surface area contributed by atoms with Crippen LogP contribution in [0, 0.1) is 32.1 Å². The molecule has 0 saturated heterocycles. The van der Waals surface area contributed by atoms with E-state index >= 15 is 0 Å². The maximum absolute atomic E-state index is 8.92. The number of nitrogens with zero attached hydrogens (tertiary/aromatic N) is 2. The highest BCUT2D eigenvalue weighted by molar-refractivity contribution is 5.47. The van der Waals surface area contributed by atoms with E-state index in [1.807, 2.05) is 45.0 Å². The summed E-state index contributed by atoms with van der Waals surface area (Å²) in [5, 5.41) is 8.92. The first-order chi connectivity index (χ1) is 9.11. The van der Waals surface area contributed by atoms with Gasteiger partial charge in [-0.15, -0.1) is 0 Å². The van der Waals surface area contributed by atoms with Crippen molar-refractivity contribution in [2.75, 3.05) is 0 Å². The predicted octanol–water partition coefficient (Wildman–Crippen LogP) is 3.46. The lowest BCUT2D eigenvalue weighted by Crippen LogP contribution is -2.03. The largest absolute Gasteiger partial charge is 0.487 e. The number of pyridine rings is 1. The number of rotatable bonds is 3. The van der Waals surface area contributed by atoms with Crippen molar-refractivity contribution in [3.8, 4) is 11.8 Å². The normalized spacial score (nSPS) is 10.0. The first-order valence-corrected chi connectivity index (χ1v) is 6.16. The Kier molecular flexibility index (Phi) is 3.82. The lowest BCUT2D eigenvalue weighted by molar-refractivity contribution is 0.296. The van der Waals surface area contributed by atoms with E-state index in [-0.39, 0.29) is 0 Å². The van der Waals surface area contributed by atoms with Crippen molar-refractivity contribution in [1.29, 1.82) is 5.26 Å². The standard InChI is InChI=1S/C16H16N2O/c1-11-5-4-6-18-15(11)10-19-16-12(2)7-14(9-17)8-13(16)3/h4-8H,10H2,1-3H3. The fraction of sp³-hybridized carbons (Fsp3) is 0.250. The van der Waals surface area contributed by atoms with Gasteiger partial charge in [-0.3, -0.25) is 4.98 Å². The Hall–Kier alpha value is -2.34. The summed E-state index contributed by atoms with van der Waals surface area (Å²) >= 11 is 0. The van der Waals surface area contributed by atoms with Crippen LogP contribution in [0.15, 0.2) is 30.5 Å². The molecule has 2 aromatic rings. The molecule has 3 nitrogen and oxygen atoms in total. The van der Waals surface area contributed by atoms with Gasteiger partial charge in [-0.25, -0.2) is 0 Å². The summed E-state index contributed by atoms with van der Waals surface area (Å²) in [5.74, 6) is 0.837. The first kappa shape index (κ1) is 13.1. The number of hydrogen-bond donors (Lipinski definition) is 0. The molecule has 0 bridgehead atoms. The summed E-state index contributed by atoms with van der Waals surface area (Å²) in [6.45, 7) is 6.37. The molecule has 0 atom stereocenters. The molecule has 0 amide bonds. The zero-order chi connectivity index (χ0) is 13.8. The topological polar surface area (TPSA) is 45.9 Å². The van der Waals surface area contributed by atoms with E-state index in [9.17, 15) is 0 Å². The molecular formula is C16H16N2O. The van der Waals surface area contributed by atoms with E-state index in [2.05, 4.69) is 11.1 Å². The molecule has 0 spiro atoms. The van der Waals surface area contributed by atoms with Gasteiger partial charge >= 0.3 is 0 Å². The summed E-state index contributed by atoms with van der Waals surface area (Å²) in [5.41, 5.74) is 4.67. The number of nitriles is 1. The molecule has 0 aliphatic heterocycles. The molecule has 19 heavy (non-hydrogen) atoms. The van der Waals surface area contributed by atoms with Crippen LogP contribution in [0.1, 0.15) is 27.9 Å². The first-order valence-electron chi connectivity index (χ1n) is 6.16. The fourth-order valence-electron chi connectivity index (χ4n) is 2.05. The van der Waals surface area contributed by atoms with Gasteiger partial charge in [-0.05, 0) is 55.7 Å². The molecule has 3 heteroatoms. The monoisotopic (exact) mass is 252 g/mol. The molecule has 96 valence electrons. The highest BCUT2D eigenvalue weighted by atomic mass is 16.5. The van der Waals surface area contributed by atoms with Crippen molar-refractivity contribution in [3.63, 3.8) is 0 Å². The maximum Gasteiger partial charge on any atom is 0.130 e. The van der Waals surface area contributed by atoms with Gasteiger partial charge in [0.2, 0.25) is 0 Å². The molecule has 0 fully saturated rings. The van der Waals surface area contributed by atoms with Crippen molar-refractivity contribution in [2.24, 2.45) is 0 Å². The Morgan fingerprint density at radius 3 is 2.42 bits per heavy atom. The number of aryl methyl sites for hydroxylation is 3. The lowest BCUT2D eigenvalue weighted by Gasteiger charge is -2.13. The molecular weight excluding hydrogens is 236 g/mol. The maximum atomic E-state index is 8.92. The second kappa shape index (κ2) is 5.53. The van der Waals surface area contributed by atoms with E-state index in [4.69, 9.17) is 10.00 Å². The molecule has 0 saturated carbocycles. The molecule has 1 heterocycles. The van der Waals surface area contributed by atoms with Crippen LogP contribution in [0.3, 0.4) is 0 Å². The second-order valence-electron chi connectivity index (χ2n) is 4.61. The average Bonchev–Trinajstić information content (AvgIpc) is 2.39. The minimum atomic E-state index is 0.445. The highest BCUT2D eigenvalue weighted by Crippen LogP contribution is 2.25. The molecule has 0 N–H and O–H groups in total. The molecule has 1 aromatic heterocycles. The number of aromatic nitrogens is 1. The summed E-state index contributed by atoms with van der Waals surface area (Å²) in [6.07, 6.45) is 1.77. The molecule has 0 unspecified atom stereocenters. The molecule has 2 rings (SSSR count). The SMILES string of the molecule is Cc1cccnc1COc1c(C)cc(C#N)cc1C. The average molecular weight is 252 g/mol. The smallest absolute Gasteiger partial charge is 0.130 e. The highest BCUT2D eigenvalue weighted by Gasteiger charge is 2.08. The Balaban J connectivity index is 2.21. The van der Waals surface area contributed by atoms with Crippen LogP contribution in [0.2, 0.25) is 0 Å². The second-order valence-corrected chi connectivity index (χ2v) is 4.61. The fourth-order valence-corrected chi connectivity index (χ4v) is 2.05. The van der Waals surface area contributed by atoms with E-state index in [1.54, 1.807) is 6.20 Å². The third-order valence-electron chi connectivity index (χ3n) is 3.06. The van der Waals surface area contributed by atoms with Crippen LogP contribution in [-0.2, 0) is 6.61 Å². The predicted molar refractivity (Wildman–Crippen MR) is 73.9 cm³/mol. The van der Waals surface area contributed by atoms with E-state index in [1.165, 1.54) is 0 Å². The van der Waals surface area contributed by atoms with Crippen LogP contribution in [0.4, 0.5) is 0 Å². The summed E-state index contributed by atoms with van der Waals surface area (Å²) in [4.78, 5) is 4.31. The van der Waals surface area contributed by atoms with Crippen molar-refractivity contribution in [2.45, 2.75) is 27.4 Å². The van der Waals surface area contributed by atoms with Crippen molar-refractivity contribution < 1.29 is 4.74 Å². The zero-order valence-corrected chi connectivity index (χ0v) is 11.4. The summed E-state index contributed by atoms with van der Waals surface area (Å²) in [6, 6.07) is 9.76. The van der Waals surface area contributed by atoms with Gasteiger partial charge in [-0.2, -0.15) is 5.26 Å². The van der Waals surface area contributed by atoms with E-state index in [0.29, 0.717) is 12.2 Å². The van der Waals surface area contributed by atoms with E-state index < -0.39 is 0 Å². The quantitative estimate of drug-likeness (QED) is 0.840. The summed E-state index contributed by atoms with van der Waals surface area (Å²) < 4.78 is 5.86. The van der Waals surface area contributed by atoms with Crippen molar-refractivity contribution in [3.05, 3.63) is 58.4 Å². The van der Waals surface area contributed by atoms with Crippen molar-refractivity contribution in [1.82, 2.24) is 4.98 Å². The van der Waals surface area contributed by atoms with E-state index in [0.717, 1.165) is 28.1 Å². The Morgan fingerprint density at radius 1 is 1.16 bits per heavy atom. The van der Waals surface area contributed by atoms with Gasteiger partial charge < -0.3 is 4.74 Å². The molecule has 0 aliphatic carbocycles. The Morgan fingerprint density at radius 2 is 1.84 bits per heavy atom. The van der Waals surface area contributed by atoms with Crippen LogP contribution in [0.5, 0.6) is 5.75 Å². The Labute approximate surface area is 113 Å². The van der Waals surface area contributed by atoms with Gasteiger partial charge in [0.25, 0.3) is 0 Å². The van der Waals surface area contributed by atoms with Gasteiger partial charge in [-0.1, -0.05) is 6.07 Å². The lowest BCUT2D eigenvalue weighted by atomic mass is 10.1. The summed E-state index contributed by atoms with van der Waals surface area (Å²) in [7, 11) is 0. The number of ether oxygens (including phenoxy) is 1.